The van der Waals surface area contributed by atoms with Gasteiger partial charge in [0.15, 0.2) is 6.61 Å². The van der Waals surface area contributed by atoms with Gasteiger partial charge in [-0.2, -0.15) is 5.10 Å². The molecule has 0 spiro atoms. The van der Waals surface area contributed by atoms with E-state index in [1.54, 1.807) is 25.3 Å². The number of ether oxygens (including phenoxy) is 1. The smallest absolute Gasteiger partial charge is 0.277 e. The maximum atomic E-state index is 11.8. The van der Waals surface area contributed by atoms with Crippen LogP contribution >= 0.6 is 31.9 Å². The van der Waals surface area contributed by atoms with Gasteiger partial charge in [0.25, 0.3) is 5.91 Å². The van der Waals surface area contributed by atoms with E-state index in [-0.39, 0.29) is 12.5 Å². The van der Waals surface area contributed by atoms with E-state index in [0.717, 1.165) is 14.5 Å². The van der Waals surface area contributed by atoms with Crippen molar-refractivity contribution in [1.82, 2.24) is 5.43 Å². The number of carbonyl (C=O) groups is 1. The molecule has 0 bridgehead atoms. The Morgan fingerprint density at radius 1 is 1.41 bits per heavy atom. The van der Waals surface area contributed by atoms with Gasteiger partial charge in [0.2, 0.25) is 0 Å². The van der Waals surface area contributed by atoms with E-state index in [9.17, 15) is 4.79 Å². The molecule has 2 aromatic rings. The normalized spacial score (nSPS) is 11.4. The molecule has 2 rings (SSSR count). The quantitative estimate of drug-likeness (QED) is 0.576. The van der Waals surface area contributed by atoms with E-state index in [1.165, 1.54) is 0 Å². The lowest BCUT2D eigenvalue weighted by atomic mass is 10.2. The van der Waals surface area contributed by atoms with E-state index in [2.05, 4.69) is 42.4 Å². The van der Waals surface area contributed by atoms with Crippen molar-refractivity contribution in [1.29, 1.82) is 0 Å². The Bertz CT molecular complexity index is 674. The number of hydrogen-bond acceptors (Lipinski definition) is 4. The first kappa shape index (κ1) is 16.8. The lowest BCUT2D eigenvalue weighted by Crippen LogP contribution is -2.25. The Morgan fingerprint density at radius 2 is 2.18 bits per heavy atom. The second kappa shape index (κ2) is 7.60. The Kier molecular flexibility index (Phi) is 5.79. The van der Waals surface area contributed by atoms with Crippen LogP contribution < -0.4 is 10.2 Å². The number of amides is 1. The predicted octanol–water partition coefficient (Wildman–Crippen LogP) is 4.03. The third-order valence-corrected chi connectivity index (χ3v) is 3.81. The van der Waals surface area contributed by atoms with Crippen LogP contribution in [0.1, 0.15) is 18.2 Å². The third-order valence-electron chi connectivity index (χ3n) is 2.77. The molecule has 0 aliphatic carbocycles. The number of aryl methyl sites for hydroxylation is 1. The van der Waals surface area contributed by atoms with E-state index in [1.807, 2.05) is 19.1 Å². The first-order valence-corrected chi connectivity index (χ1v) is 8.01. The molecule has 22 heavy (non-hydrogen) atoms. The highest BCUT2D eigenvalue weighted by atomic mass is 79.9. The molecule has 0 fully saturated rings. The zero-order valence-corrected chi connectivity index (χ0v) is 15.2. The van der Waals surface area contributed by atoms with E-state index in [0.29, 0.717) is 17.2 Å². The van der Waals surface area contributed by atoms with Crippen LogP contribution in [-0.4, -0.2) is 18.2 Å². The van der Waals surface area contributed by atoms with Crippen LogP contribution in [0.4, 0.5) is 0 Å². The molecular weight excluding hydrogens is 416 g/mol. The summed E-state index contributed by atoms with van der Waals surface area (Å²) in [5.74, 6) is 0.887. The van der Waals surface area contributed by atoms with Gasteiger partial charge in [-0.3, -0.25) is 4.79 Å². The molecule has 1 aromatic carbocycles. The Labute approximate surface area is 145 Å². The second-order valence-electron chi connectivity index (χ2n) is 4.53. The van der Waals surface area contributed by atoms with Crippen molar-refractivity contribution < 1.29 is 13.9 Å². The molecule has 0 atom stereocenters. The minimum Gasteiger partial charge on any atom is -0.482 e. The van der Waals surface area contributed by atoms with Crippen molar-refractivity contribution in [2.24, 2.45) is 5.10 Å². The molecule has 7 heteroatoms. The fourth-order valence-corrected chi connectivity index (χ4v) is 3.28. The highest BCUT2D eigenvalue weighted by Gasteiger charge is 2.09. The predicted molar refractivity (Wildman–Crippen MR) is 91.1 cm³/mol. The summed E-state index contributed by atoms with van der Waals surface area (Å²) in [6.45, 7) is 3.52. The average molecular weight is 430 g/mol. The molecule has 116 valence electrons. The number of rotatable bonds is 5. The standard InChI is InChI=1S/C15H14Br2N2O3/c1-9-6-11(16)7-12(17)15(9)22-8-14(20)19-18-10(2)13-4-3-5-21-13/h3-7H,8H2,1-2H3,(H,19,20). The van der Waals surface area contributed by atoms with Crippen LogP contribution in [0, 0.1) is 6.92 Å². The van der Waals surface area contributed by atoms with Gasteiger partial charge in [0.1, 0.15) is 17.2 Å². The summed E-state index contributed by atoms with van der Waals surface area (Å²) in [5.41, 5.74) is 3.93. The van der Waals surface area contributed by atoms with E-state index in [4.69, 9.17) is 9.15 Å². The second-order valence-corrected chi connectivity index (χ2v) is 6.30. The molecule has 0 aliphatic heterocycles. The number of carbonyl (C=O) groups excluding carboxylic acids is 1. The van der Waals surface area contributed by atoms with Crippen molar-refractivity contribution in [3.8, 4) is 5.75 Å². The summed E-state index contributed by atoms with van der Waals surface area (Å²) in [7, 11) is 0. The van der Waals surface area contributed by atoms with Gasteiger partial charge in [-0.1, -0.05) is 15.9 Å². The minimum absolute atomic E-state index is 0.129. The van der Waals surface area contributed by atoms with Gasteiger partial charge in [0.05, 0.1) is 10.7 Å². The van der Waals surface area contributed by atoms with Crippen LogP contribution in [-0.2, 0) is 4.79 Å². The van der Waals surface area contributed by atoms with Crippen molar-refractivity contribution >= 4 is 43.5 Å². The van der Waals surface area contributed by atoms with Gasteiger partial charge in [-0.15, -0.1) is 0 Å². The fourth-order valence-electron chi connectivity index (χ4n) is 1.73. The summed E-state index contributed by atoms with van der Waals surface area (Å²) >= 11 is 6.81. The summed E-state index contributed by atoms with van der Waals surface area (Å²) in [6.07, 6.45) is 1.55. The average Bonchev–Trinajstić information content (AvgIpc) is 2.97. The topological polar surface area (TPSA) is 63.8 Å². The van der Waals surface area contributed by atoms with Crippen molar-refractivity contribution in [3.63, 3.8) is 0 Å². The molecular formula is C15H14Br2N2O3. The molecule has 5 nitrogen and oxygen atoms in total. The van der Waals surface area contributed by atoms with Gasteiger partial charge in [-0.25, -0.2) is 5.43 Å². The highest BCUT2D eigenvalue weighted by Crippen LogP contribution is 2.32. The van der Waals surface area contributed by atoms with Crippen LogP contribution in [0.2, 0.25) is 0 Å². The zero-order chi connectivity index (χ0) is 16.1. The molecule has 1 heterocycles. The van der Waals surface area contributed by atoms with E-state index < -0.39 is 0 Å². The Morgan fingerprint density at radius 3 is 2.82 bits per heavy atom. The van der Waals surface area contributed by atoms with Crippen LogP contribution in [0.15, 0.2) is 49.0 Å². The van der Waals surface area contributed by atoms with Crippen molar-refractivity contribution in [3.05, 3.63) is 50.8 Å². The van der Waals surface area contributed by atoms with Gasteiger partial charge in [0, 0.05) is 4.47 Å². The van der Waals surface area contributed by atoms with Crippen LogP contribution in [0.25, 0.3) is 0 Å². The summed E-state index contributed by atoms with van der Waals surface area (Å²) < 4.78 is 12.4. The summed E-state index contributed by atoms with van der Waals surface area (Å²) in [5, 5.41) is 3.96. The maximum absolute atomic E-state index is 11.8. The lowest BCUT2D eigenvalue weighted by molar-refractivity contribution is -0.123. The third kappa shape index (κ3) is 4.45. The number of halogens is 2. The molecule has 0 aliphatic rings. The van der Waals surface area contributed by atoms with Crippen molar-refractivity contribution in [2.75, 3.05) is 6.61 Å². The minimum atomic E-state index is -0.347. The first-order valence-electron chi connectivity index (χ1n) is 6.43. The lowest BCUT2D eigenvalue weighted by Gasteiger charge is -2.11. The molecule has 1 N–H and O–H groups in total. The van der Waals surface area contributed by atoms with Gasteiger partial charge < -0.3 is 9.15 Å². The fraction of sp³-hybridized carbons (Fsp3) is 0.200. The molecule has 0 saturated carbocycles. The molecule has 0 saturated heterocycles. The first-order chi connectivity index (χ1) is 10.5. The number of nitrogens with one attached hydrogen (secondary N) is 1. The zero-order valence-electron chi connectivity index (χ0n) is 12.0. The number of furan rings is 1. The highest BCUT2D eigenvalue weighted by molar-refractivity contribution is 9.11. The molecule has 1 amide bonds. The molecule has 0 radical (unpaired) electrons. The Balaban J connectivity index is 1.92. The maximum Gasteiger partial charge on any atom is 0.277 e. The van der Waals surface area contributed by atoms with Crippen LogP contribution in [0.3, 0.4) is 0 Å². The summed E-state index contributed by atoms with van der Waals surface area (Å²) in [6, 6.07) is 7.30. The number of benzene rings is 1. The number of hydrazone groups is 1. The number of hydrogen-bond donors (Lipinski definition) is 1. The SMILES string of the molecule is CC(=NNC(=O)COc1c(C)cc(Br)cc1Br)c1ccco1. The van der Waals surface area contributed by atoms with E-state index >= 15 is 0 Å². The number of nitrogens with zero attached hydrogens (tertiary/aromatic N) is 1. The van der Waals surface area contributed by atoms with Gasteiger partial charge >= 0.3 is 0 Å². The van der Waals surface area contributed by atoms with Gasteiger partial charge in [-0.05, 0) is 59.6 Å². The van der Waals surface area contributed by atoms with Crippen LogP contribution in [0.5, 0.6) is 5.75 Å². The summed E-state index contributed by atoms with van der Waals surface area (Å²) in [4.78, 5) is 11.8. The monoisotopic (exact) mass is 428 g/mol. The molecule has 1 aromatic heterocycles. The largest absolute Gasteiger partial charge is 0.482 e. The molecule has 0 unspecified atom stereocenters. The van der Waals surface area contributed by atoms with Crippen molar-refractivity contribution in [2.45, 2.75) is 13.8 Å². The Hall–Kier alpha value is -1.60.